The van der Waals surface area contributed by atoms with E-state index >= 15 is 0 Å². The molecule has 0 aliphatic heterocycles. The van der Waals surface area contributed by atoms with Gasteiger partial charge in [-0.05, 0) is 43.3 Å². The van der Waals surface area contributed by atoms with E-state index in [0.29, 0.717) is 6.61 Å². The monoisotopic (exact) mass is 303 g/mol. The predicted octanol–water partition coefficient (Wildman–Crippen LogP) is 1.38. The first kappa shape index (κ1) is 15.7. The average Bonchev–Trinajstić information content (AvgIpc) is 2.93. The lowest BCUT2D eigenvalue weighted by Gasteiger charge is -2.22. The molecule has 1 aromatic carbocycles. The van der Waals surface area contributed by atoms with Gasteiger partial charge in [-0.2, -0.15) is 5.10 Å². The highest BCUT2D eigenvalue weighted by molar-refractivity contribution is 5.84. The fourth-order valence-corrected chi connectivity index (χ4v) is 2.08. The van der Waals surface area contributed by atoms with E-state index in [0.717, 1.165) is 34.9 Å². The summed E-state index contributed by atoms with van der Waals surface area (Å²) >= 11 is 0. The van der Waals surface area contributed by atoms with Gasteiger partial charge < -0.3 is 15.4 Å². The average molecular weight is 303 g/mol. The lowest BCUT2D eigenvalue weighted by atomic mass is 10.2. The lowest BCUT2D eigenvalue weighted by Crippen LogP contribution is -2.21. The number of benzene rings is 1. The van der Waals surface area contributed by atoms with Crippen LogP contribution in [-0.4, -0.2) is 46.2 Å². The van der Waals surface area contributed by atoms with Gasteiger partial charge in [-0.1, -0.05) is 9.89 Å². The number of hydrogen-bond donors (Lipinski definition) is 1. The van der Waals surface area contributed by atoms with E-state index in [-0.39, 0.29) is 5.95 Å². The smallest absolute Gasteiger partial charge is 0.263 e. The molecular formula is C14H21N7O. The van der Waals surface area contributed by atoms with Crippen molar-refractivity contribution in [2.45, 2.75) is 20.8 Å². The topological polar surface area (TPSA) is 94.5 Å². The van der Waals surface area contributed by atoms with Crippen molar-refractivity contribution in [2.75, 3.05) is 30.3 Å². The fourth-order valence-electron chi connectivity index (χ4n) is 2.08. The molecular weight excluding hydrogens is 282 g/mol. The van der Waals surface area contributed by atoms with Crippen LogP contribution in [-0.2, 0) is 0 Å². The van der Waals surface area contributed by atoms with Crippen molar-refractivity contribution in [3.63, 3.8) is 0 Å². The van der Waals surface area contributed by atoms with Gasteiger partial charge in [-0.25, -0.2) is 0 Å². The Labute approximate surface area is 129 Å². The fraction of sp³-hybridized carbons (Fsp3) is 0.429. The van der Waals surface area contributed by atoms with E-state index in [9.17, 15) is 0 Å². The molecule has 0 amide bonds. The number of tetrazole rings is 1. The second-order valence-corrected chi connectivity index (χ2v) is 4.50. The molecule has 0 aliphatic rings. The summed E-state index contributed by atoms with van der Waals surface area (Å²) in [6.45, 7) is 8.66. The highest BCUT2D eigenvalue weighted by atomic mass is 16.5. The van der Waals surface area contributed by atoms with Gasteiger partial charge in [0.15, 0.2) is 0 Å². The molecule has 2 aromatic rings. The van der Waals surface area contributed by atoms with E-state index < -0.39 is 0 Å². The number of aromatic nitrogens is 4. The number of hydrogen-bond acceptors (Lipinski definition) is 7. The van der Waals surface area contributed by atoms with Crippen LogP contribution in [0.1, 0.15) is 26.3 Å². The van der Waals surface area contributed by atoms with Gasteiger partial charge in [0.25, 0.3) is 5.95 Å². The summed E-state index contributed by atoms with van der Waals surface area (Å²) in [6, 6.07) is 6.02. The zero-order valence-corrected chi connectivity index (χ0v) is 13.1. The SMILES string of the molecule is CCOc1cc(N(CC)CC)ccc1C=Nn1nnnc1N. The van der Waals surface area contributed by atoms with Crippen molar-refractivity contribution in [1.82, 2.24) is 20.3 Å². The van der Waals surface area contributed by atoms with Crippen LogP contribution in [0.5, 0.6) is 5.75 Å². The summed E-state index contributed by atoms with van der Waals surface area (Å²) in [7, 11) is 0. The minimum Gasteiger partial charge on any atom is -0.493 e. The number of anilines is 2. The van der Waals surface area contributed by atoms with Gasteiger partial charge in [-0.3, -0.25) is 0 Å². The van der Waals surface area contributed by atoms with Gasteiger partial charge in [-0.15, -0.1) is 0 Å². The van der Waals surface area contributed by atoms with Crippen LogP contribution in [0.25, 0.3) is 0 Å². The Morgan fingerprint density at radius 3 is 2.68 bits per heavy atom. The number of nitrogens with two attached hydrogens (primary N) is 1. The normalized spacial score (nSPS) is 11.0. The summed E-state index contributed by atoms with van der Waals surface area (Å²) in [6.07, 6.45) is 1.63. The molecule has 8 heteroatoms. The summed E-state index contributed by atoms with van der Waals surface area (Å²) < 4.78 is 5.71. The Bertz CT molecular complexity index is 634. The Balaban J connectivity index is 2.30. The van der Waals surface area contributed by atoms with Gasteiger partial charge >= 0.3 is 0 Å². The zero-order chi connectivity index (χ0) is 15.9. The first-order chi connectivity index (χ1) is 10.7. The maximum absolute atomic E-state index is 5.71. The highest BCUT2D eigenvalue weighted by Gasteiger charge is 2.08. The maximum atomic E-state index is 5.71. The van der Waals surface area contributed by atoms with Gasteiger partial charge in [0.05, 0.1) is 12.8 Å². The van der Waals surface area contributed by atoms with Crippen LogP contribution >= 0.6 is 0 Å². The van der Waals surface area contributed by atoms with E-state index in [1.165, 1.54) is 0 Å². The third-order valence-corrected chi connectivity index (χ3v) is 3.21. The molecule has 1 aromatic heterocycles. The molecule has 1 heterocycles. The number of rotatable bonds is 7. The first-order valence-electron chi connectivity index (χ1n) is 7.29. The molecule has 22 heavy (non-hydrogen) atoms. The quantitative estimate of drug-likeness (QED) is 0.777. The first-order valence-corrected chi connectivity index (χ1v) is 7.29. The molecule has 0 bridgehead atoms. The predicted molar refractivity (Wildman–Crippen MR) is 86.4 cm³/mol. The third kappa shape index (κ3) is 3.51. The minimum atomic E-state index is 0.133. The summed E-state index contributed by atoms with van der Waals surface area (Å²) in [5.74, 6) is 0.899. The van der Waals surface area contributed by atoms with Gasteiger partial charge in [0, 0.05) is 30.4 Å². The maximum Gasteiger partial charge on any atom is 0.263 e. The lowest BCUT2D eigenvalue weighted by molar-refractivity contribution is 0.340. The van der Waals surface area contributed by atoms with E-state index in [1.807, 2.05) is 25.1 Å². The van der Waals surface area contributed by atoms with Crippen LogP contribution in [0.4, 0.5) is 11.6 Å². The van der Waals surface area contributed by atoms with Gasteiger partial charge in [0.1, 0.15) is 5.75 Å². The highest BCUT2D eigenvalue weighted by Crippen LogP contribution is 2.25. The molecule has 0 radical (unpaired) electrons. The Kier molecular flexibility index (Phi) is 5.29. The molecule has 0 fully saturated rings. The second kappa shape index (κ2) is 7.39. The number of nitrogen functional groups attached to an aromatic ring is 1. The summed E-state index contributed by atoms with van der Waals surface area (Å²) in [5.41, 5.74) is 7.54. The van der Waals surface area contributed by atoms with E-state index in [1.54, 1.807) is 6.21 Å². The molecule has 0 atom stereocenters. The summed E-state index contributed by atoms with van der Waals surface area (Å²) in [4.78, 5) is 3.41. The van der Waals surface area contributed by atoms with Crippen molar-refractivity contribution >= 4 is 17.9 Å². The largest absolute Gasteiger partial charge is 0.493 e. The van der Waals surface area contributed by atoms with Crippen LogP contribution in [0.3, 0.4) is 0 Å². The van der Waals surface area contributed by atoms with Crippen molar-refractivity contribution in [3.05, 3.63) is 23.8 Å². The van der Waals surface area contributed by atoms with Crippen molar-refractivity contribution in [2.24, 2.45) is 5.10 Å². The van der Waals surface area contributed by atoms with Crippen LogP contribution in [0.15, 0.2) is 23.3 Å². The number of ether oxygens (including phenoxy) is 1. The van der Waals surface area contributed by atoms with Crippen molar-refractivity contribution < 1.29 is 4.74 Å². The van der Waals surface area contributed by atoms with Crippen molar-refractivity contribution in [3.8, 4) is 5.75 Å². The van der Waals surface area contributed by atoms with Crippen molar-refractivity contribution in [1.29, 1.82) is 0 Å². The molecule has 0 saturated heterocycles. The minimum absolute atomic E-state index is 0.133. The third-order valence-electron chi connectivity index (χ3n) is 3.21. The molecule has 0 saturated carbocycles. The Morgan fingerprint density at radius 1 is 1.32 bits per heavy atom. The van der Waals surface area contributed by atoms with E-state index in [2.05, 4.69) is 39.4 Å². The number of nitrogens with zero attached hydrogens (tertiary/aromatic N) is 6. The molecule has 118 valence electrons. The molecule has 0 aliphatic carbocycles. The second-order valence-electron chi connectivity index (χ2n) is 4.50. The Morgan fingerprint density at radius 2 is 2.09 bits per heavy atom. The zero-order valence-electron chi connectivity index (χ0n) is 13.1. The summed E-state index contributed by atoms with van der Waals surface area (Å²) in [5, 5.41) is 14.8. The molecule has 2 rings (SSSR count). The Hall–Kier alpha value is -2.64. The van der Waals surface area contributed by atoms with Gasteiger partial charge in [0.2, 0.25) is 0 Å². The van der Waals surface area contributed by atoms with Crippen LogP contribution in [0.2, 0.25) is 0 Å². The molecule has 8 nitrogen and oxygen atoms in total. The molecule has 2 N–H and O–H groups in total. The standard InChI is InChI=1S/C14H21N7O/c1-4-20(5-2)12-8-7-11(13(9-12)22-6-3)10-16-21-14(15)17-18-19-21/h7-10H,4-6H2,1-3H3,(H2,15,17,19). The molecule has 0 spiro atoms. The van der Waals surface area contributed by atoms with Crippen LogP contribution in [0, 0.1) is 0 Å². The molecule has 0 unspecified atom stereocenters. The van der Waals surface area contributed by atoms with Crippen LogP contribution < -0.4 is 15.4 Å². The van der Waals surface area contributed by atoms with E-state index in [4.69, 9.17) is 10.5 Å².